The van der Waals surface area contributed by atoms with Gasteiger partial charge in [-0.15, -0.1) is 11.3 Å². The molecule has 17 heavy (non-hydrogen) atoms. The summed E-state index contributed by atoms with van der Waals surface area (Å²) in [4.78, 5) is 17.2. The first kappa shape index (κ1) is 12.6. The van der Waals surface area contributed by atoms with Crippen molar-refractivity contribution in [2.75, 3.05) is 0 Å². The van der Waals surface area contributed by atoms with E-state index in [1.807, 2.05) is 13.8 Å². The largest absolute Gasteiger partial charge is 0.481 e. The molecule has 1 aromatic rings. The number of carboxylic acid groups (broad SMARTS) is 1. The zero-order valence-corrected chi connectivity index (χ0v) is 11.4. The third-order valence-electron chi connectivity index (χ3n) is 3.87. The average Bonchev–Trinajstić information content (AvgIpc) is 2.73. The van der Waals surface area contributed by atoms with Crippen LogP contribution in [-0.4, -0.2) is 16.1 Å². The van der Waals surface area contributed by atoms with Gasteiger partial charge in [-0.05, 0) is 39.0 Å². The smallest absolute Gasteiger partial charge is 0.310 e. The summed E-state index contributed by atoms with van der Waals surface area (Å²) in [7, 11) is 0. The van der Waals surface area contributed by atoms with Gasteiger partial charge in [-0.2, -0.15) is 0 Å². The summed E-state index contributed by atoms with van der Waals surface area (Å²) in [6.45, 7) is 6.17. The molecule has 2 atom stereocenters. The van der Waals surface area contributed by atoms with Gasteiger partial charge in [0.25, 0.3) is 0 Å². The van der Waals surface area contributed by atoms with Crippen molar-refractivity contribution in [2.45, 2.75) is 46.5 Å². The zero-order chi connectivity index (χ0) is 12.6. The Kier molecular flexibility index (Phi) is 3.25. The van der Waals surface area contributed by atoms with Crippen LogP contribution in [0.1, 0.15) is 41.8 Å². The lowest BCUT2D eigenvalue weighted by Gasteiger charge is -2.22. The van der Waals surface area contributed by atoms with Crippen LogP contribution in [0.5, 0.6) is 0 Å². The minimum Gasteiger partial charge on any atom is -0.481 e. The molecule has 94 valence electrons. The number of aromatic nitrogens is 1. The Labute approximate surface area is 106 Å². The van der Waals surface area contributed by atoms with Crippen LogP contribution >= 0.6 is 11.3 Å². The van der Waals surface area contributed by atoms with Crippen molar-refractivity contribution in [1.29, 1.82) is 0 Å². The Balaban J connectivity index is 2.22. The van der Waals surface area contributed by atoms with Crippen molar-refractivity contribution in [3.05, 3.63) is 15.6 Å². The highest BCUT2D eigenvalue weighted by Gasteiger charge is 2.44. The third kappa shape index (κ3) is 2.37. The highest BCUT2D eigenvalue weighted by Crippen LogP contribution is 2.44. The fraction of sp³-hybridized carbons (Fsp3) is 0.692. The van der Waals surface area contributed by atoms with E-state index in [9.17, 15) is 9.90 Å². The molecule has 1 fully saturated rings. The Morgan fingerprint density at radius 2 is 2.29 bits per heavy atom. The van der Waals surface area contributed by atoms with Gasteiger partial charge in [0.2, 0.25) is 0 Å². The van der Waals surface area contributed by atoms with Crippen LogP contribution in [0.2, 0.25) is 0 Å². The third-order valence-corrected chi connectivity index (χ3v) is 4.94. The topological polar surface area (TPSA) is 50.2 Å². The molecule has 3 nitrogen and oxygen atoms in total. The summed E-state index contributed by atoms with van der Waals surface area (Å²) in [5.41, 5.74) is 0.479. The number of hydrogen-bond acceptors (Lipinski definition) is 3. The minimum atomic E-state index is -0.646. The molecule has 1 heterocycles. The first-order valence-electron chi connectivity index (χ1n) is 6.09. The van der Waals surface area contributed by atoms with E-state index in [-0.39, 0.29) is 0 Å². The molecule has 0 radical (unpaired) electrons. The number of carboxylic acids is 1. The van der Waals surface area contributed by atoms with Gasteiger partial charge in [-0.3, -0.25) is 4.79 Å². The van der Waals surface area contributed by atoms with Crippen molar-refractivity contribution in [1.82, 2.24) is 4.98 Å². The van der Waals surface area contributed by atoms with Gasteiger partial charge in [0.15, 0.2) is 0 Å². The SMILES string of the molecule is Cc1nc(CC2(C(=O)O)CCC(C)C2)sc1C. The van der Waals surface area contributed by atoms with Crippen molar-refractivity contribution in [3.63, 3.8) is 0 Å². The number of hydrogen-bond donors (Lipinski definition) is 1. The molecule has 2 unspecified atom stereocenters. The molecular formula is C13H19NO2S. The van der Waals surface area contributed by atoms with E-state index in [2.05, 4.69) is 11.9 Å². The molecule has 0 saturated heterocycles. The first-order valence-corrected chi connectivity index (χ1v) is 6.91. The van der Waals surface area contributed by atoms with Gasteiger partial charge in [0.05, 0.1) is 16.1 Å². The fourth-order valence-corrected chi connectivity index (χ4v) is 3.81. The number of rotatable bonds is 3. The number of aryl methyl sites for hydroxylation is 2. The molecule has 0 bridgehead atoms. The standard InChI is InChI=1S/C13H19NO2S/c1-8-4-5-13(6-8,12(15)16)7-11-14-9(2)10(3)17-11/h8H,4-7H2,1-3H3,(H,15,16). The second kappa shape index (κ2) is 4.41. The number of thiazole rings is 1. The summed E-state index contributed by atoms with van der Waals surface area (Å²) in [5, 5.41) is 10.5. The van der Waals surface area contributed by atoms with Gasteiger partial charge in [0, 0.05) is 11.3 Å². The van der Waals surface area contributed by atoms with Gasteiger partial charge >= 0.3 is 5.97 Å². The maximum absolute atomic E-state index is 11.5. The lowest BCUT2D eigenvalue weighted by atomic mass is 9.82. The molecule has 1 aliphatic rings. The molecular weight excluding hydrogens is 234 g/mol. The van der Waals surface area contributed by atoms with Crippen molar-refractivity contribution in [2.24, 2.45) is 11.3 Å². The summed E-state index contributed by atoms with van der Waals surface area (Å²) < 4.78 is 0. The Bertz CT molecular complexity index is 421. The molecule has 1 aliphatic carbocycles. The highest BCUT2D eigenvalue weighted by atomic mass is 32.1. The normalized spacial score (nSPS) is 28.5. The van der Waals surface area contributed by atoms with Gasteiger partial charge in [-0.25, -0.2) is 4.98 Å². The molecule has 0 spiro atoms. The molecule has 0 aromatic carbocycles. The predicted octanol–water partition coefficient (Wildman–Crippen LogP) is 3.19. The lowest BCUT2D eigenvalue weighted by Crippen LogP contribution is -2.30. The Hall–Kier alpha value is -0.900. The molecule has 2 rings (SSSR count). The molecule has 1 aromatic heterocycles. The van der Waals surface area contributed by atoms with E-state index in [4.69, 9.17) is 0 Å². The second-order valence-electron chi connectivity index (χ2n) is 5.36. The van der Waals surface area contributed by atoms with Gasteiger partial charge in [0.1, 0.15) is 0 Å². The van der Waals surface area contributed by atoms with Crippen LogP contribution in [0.15, 0.2) is 0 Å². The van der Waals surface area contributed by atoms with Crippen LogP contribution in [0, 0.1) is 25.2 Å². The zero-order valence-electron chi connectivity index (χ0n) is 10.6. The van der Waals surface area contributed by atoms with Crippen LogP contribution in [0.4, 0.5) is 0 Å². The van der Waals surface area contributed by atoms with E-state index < -0.39 is 11.4 Å². The Morgan fingerprint density at radius 1 is 1.59 bits per heavy atom. The highest BCUT2D eigenvalue weighted by molar-refractivity contribution is 7.11. The molecule has 4 heteroatoms. The fourth-order valence-electron chi connectivity index (χ4n) is 2.73. The maximum atomic E-state index is 11.5. The number of aliphatic carboxylic acids is 1. The summed E-state index contributed by atoms with van der Waals surface area (Å²) in [6.07, 6.45) is 3.21. The number of carbonyl (C=O) groups is 1. The quantitative estimate of drug-likeness (QED) is 0.900. The van der Waals surface area contributed by atoms with E-state index >= 15 is 0 Å². The second-order valence-corrected chi connectivity index (χ2v) is 6.65. The summed E-state index contributed by atoms with van der Waals surface area (Å²) in [5.74, 6) is -0.124. The van der Waals surface area contributed by atoms with Crippen LogP contribution in [0.3, 0.4) is 0 Å². The molecule has 1 N–H and O–H groups in total. The Morgan fingerprint density at radius 3 is 2.71 bits per heavy atom. The molecule has 1 saturated carbocycles. The van der Waals surface area contributed by atoms with Gasteiger partial charge in [-0.1, -0.05) is 6.92 Å². The van der Waals surface area contributed by atoms with E-state index in [0.717, 1.165) is 30.0 Å². The average molecular weight is 253 g/mol. The van der Waals surface area contributed by atoms with Crippen LogP contribution < -0.4 is 0 Å². The minimum absolute atomic E-state index is 0.522. The molecule has 0 amide bonds. The monoisotopic (exact) mass is 253 g/mol. The van der Waals surface area contributed by atoms with Crippen LogP contribution in [-0.2, 0) is 11.2 Å². The number of nitrogens with zero attached hydrogens (tertiary/aromatic N) is 1. The van der Waals surface area contributed by atoms with E-state index in [1.165, 1.54) is 4.88 Å². The van der Waals surface area contributed by atoms with Crippen molar-refractivity contribution >= 4 is 17.3 Å². The van der Waals surface area contributed by atoms with E-state index in [0.29, 0.717) is 12.3 Å². The van der Waals surface area contributed by atoms with Gasteiger partial charge < -0.3 is 5.11 Å². The first-order chi connectivity index (χ1) is 7.93. The summed E-state index contributed by atoms with van der Waals surface area (Å²) in [6, 6.07) is 0. The maximum Gasteiger partial charge on any atom is 0.310 e. The van der Waals surface area contributed by atoms with Crippen LogP contribution in [0.25, 0.3) is 0 Å². The van der Waals surface area contributed by atoms with E-state index in [1.54, 1.807) is 11.3 Å². The summed E-state index contributed by atoms with van der Waals surface area (Å²) >= 11 is 1.64. The predicted molar refractivity (Wildman–Crippen MR) is 68.4 cm³/mol. The molecule has 0 aliphatic heterocycles. The van der Waals surface area contributed by atoms with Crippen molar-refractivity contribution < 1.29 is 9.90 Å². The lowest BCUT2D eigenvalue weighted by molar-refractivity contribution is -0.148. The van der Waals surface area contributed by atoms with Crippen molar-refractivity contribution in [3.8, 4) is 0 Å².